The molecule has 1 heterocycles. The zero-order valence-electron chi connectivity index (χ0n) is 9.58. The Morgan fingerprint density at radius 1 is 1.38 bits per heavy atom. The van der Waals surface area contributed by atoms with Gasteiger partial charge in [0, 0.05) is 17.3 Å². The Labute approximate surface area is 101 Å². The molecule has 2 nitrogen and oxygen atoms in total. The van der Waals surface area contributed by atoms with Crippen LogP contribution in [0.3, 0.4) is 0 Å². The number of carbonyl (C=O) groups is 1. The van der Waals surface area contributed by atoms with Gasteiger partial charge in [-0.1, -0.05) is 25.3 Å². The molecule has 0 atom stereocenters. The van der Waals surface area contributed by atoms with E-state index in [1.54, 1.807) is 11.3 Å². The molecular weight excluding hydrogens is 218 g/mol. The van der Waals surface area contributed by atoms with E-state index in [0.717, 1.165) is 6.42 Å². The van der Waals surface area contributed by atoms with Gasteiger partial charge < -0.3 is 5.32 Å². The summed E-state index contributed by atoms with van der Waals surface area (Å²) in [5.41, 5.74) is 0. The number of hydrogen-bond acceptors (Lipinski definition) is 2. The number of thiophene rings is 1. The molecule has 0 unspecified atom stereocenters. The summed E-state index contributed by atoms with van der Waals surface area (Å²) in [5.74, 6) is 0.223. The summed E-state index contributed by atoms with van der Waals surface area (Å²) >= 11 is 1.73. The topological polar surface area (TPSA) is 29.1 Å². The number of hydrogen-bond donors (Lipinski definition) is 1. The van der Waals surface area contributed by atoms with Crippen molar-refractivity contribution in [2.75, 3.05) is 0 Å². The highest BCUT2D eigenvalue weighted by molar-refractivity contribution is 7.09. The second kappa shape index (κ2) is 6.04. The minimum Gasteiger partial charge on any atom is -0.353 e. The lowest BCUT2D eigenvalue weighted by Crippen LogP contribution is -2.36. The van der Waals surface area contributed by atoms with Crippen LogP contribution in [0.1, 0.15) is 43.4 Å². The molecule has 0 bridgehead atoms. The van der Waals surface area contributed by atoms with Gasteiger partial charge in [-0.15, -0.1) is 11.3 Å². The maximum atomic E-state index is 11.7. The summed E-state index contributed by atoms with van der Waals surface area (Å²) < 4.78 is 0. The van der Waals surface area contributed by atoms with Crippen molar-refractivity contribution in [3.8, 4) is 0 Å². The standard InChI is InChI=1S/C13H19NOS/c15-13(9-8-12-7-4-10-16-12)14-11-5-2-1-3-6-11/h4,7,10-11H,1-3,5-6,8-9H2,(H,14,15). The van der Waals surface area contributed by atoms with Gasteiger partial charge in [-0.05, 0) is 30.7 Å². The van der Waals surface area contributed by atoms with E-state index in [2.05, 4.69) is 16.8 Å². The van der Waals surface area contributed by atoms with Crippen LogP contribution >= 0.6 is 11.3 Å². The fourth-order valence-corrected chi connectivity index (χ4v) is 2.95. The molecule has 1 aromatic rings. The average molecular weight is 237 g/mol. The molecule has 1 amide bonds. The van der Waals surface area contributed by atoms with E-state index >= 15 is 0 Å². The first kappa shape index (κ1) is 11.6. The minimum atomic E-state index is 0.223. The second-order valence-electron chi connectivity index (χ2n) is 4.48. The first-order valence-corrected chi connectivity index (χ1v) is 7.04. The minimum absolute atomic E-state index is 0.223. The van der Waals surface area contributed by atoms with Crippen molar-refractivity contribution in [1.82, 2.24) is 5.32 Å². The molecule has 1 aromatic heterocycles. The second-order valence-corrected chi connectivity index (χ2v) is 5.51. The highest BCUT2D eigenvalue weighted by Gasteiger charge is 2.15. The summed E-state index contributed by atoms with van der Waals surface area (Å²) in [7, 11) is 0. The van der Waals surface area contributed by atoms with Gasteiger partial charge >= 0.3 is 0 Å². The molecule has 0 aromatic carbocycles. The Morgan fingerprint density at radius 2 is 2.19 bits per heavy atom. The van der Waals surface area contributed by atoms with Crippen molar-refractivity contribution < 1.29 is 4.79 Å². The summed E-state index contributed by atoms with van der Waals surface area (Å²) in [6.45, 7) is 0. The maximum Gasteiger partial charge on any atom is 0.220 e. The van der Waals surface area contributed by atoms with Crippen molar-refractivity contribution in [1.29, 1.82) is 0 Å². The highest BCUT2D eigenvalue weighted by atomic mass is 32.1. The average Bonchev–Trinajstić information content (AvgIpc) is 2.81. The summed E-state index contributed by atoms with van der Waals surface area (Å²) in [5, 5.41) is 5.21. The number of amides is 1. The maximum absolute atomic E-state index is 11.7. The van der Waals surface area contributed by atoms with Crippen LogP contribution in [0.5, 0.6) is 0 Å². The van der Waals surface area contributed by atoms with Crippen LogP contribution in [-0.4, -0.2) is 11.9 Å². The quantitative estimate of drug-likeness (QED) is 0.856. The van der Waals surface area contributed by atoms with Crippen LogP contribution in [0.4, 0.5) is 0 Å². The molecule has 16 heavy (non-hydrogen) atoms. The molecule has 2 rings (SSSR count). The predicted molar refractivity (Wildman–Crippen MR) is 67.7 cm³/mol. The van der Waals surface area contributed by atoms with E-state index in [4.69, 9.17) is 0 Å². The molecule has 1 saturated carbocycles. The van der Waals surface area contributed by atoms with Gasteiger partial charge in [-0.3, -0.25) is 4.79 Å². The van der Waals surface area contributed by atoms with E-state index < -0.39 is 0 Å². The third kappa shape index (κ3) is 3.63. The van der Waals surface area contributed by atoms with Crippen LogP contribution in [0.15, 0.2) is 17.5 Å². The normalized spacial score (nSPS) is 17.2. The zero-order chi connectivity index (χ0) is 11.2. The Balaban J connectivity index is 1.67. The first-order valence-electron chi connectivity index (χ1n) is 6.16. The van der Waals surface area contributed by atoms with Crippen LogP contribution in [0.2, 0.25) is 0 Å². The van der Waals surface area contributed by atoms with Gasteiger partial charge in [0.15, 0.2) is 0 Å². The predicted octanol–water partition coefficient (Wildman–Crippen LogP) is 3.13. The van der Waals surface area contributed by atoms with Gasteiger partial charge in [-0.25, -0.2) is 0 Å². The van der Waals surface area contributed by atoms with Gasteiger partial charge in [0.05, 0.1) is 0 Å². The van der Waals surface area contributed by atoms with Crippen LogP contribution in [-0.2, 0) is 11.2 Å². The molecule has 0 aliphatic heterocycles. The lowest BCUT2D eigenvalue weighted by atomic mass is 9.95. The van der Waals surface area contributed by atoms with E-state index in [0.29, 0.717) is 12.5 Å². The van der Waals surface area contributed by atoms with E-state index in [-0.39, 0.29) is 5.91 Å². The number of nitrogens with one attached hydrogen (secondary N) is 1. The van der Waals surface area contributed by atoms with Crippen LogP contribution in [0, 0.1) is 0 Å². The lowest BCUT2D eigenvalue weighted by Gasteiger charge is -2.22. The molecular formula is C13H19NOS. The Kier molecular flexibility index (Phi) is 4.40. The highest BCUT2D eigenvalue weighted by Crippen LogP contribution is 2.17. The summed E-state index contributed by atoms with van der Waals surface area (Å²) in [6, 6.07) is 4.59. The number of rotatable bonds is 4. The Bertz CT molecular complexity index is 315. The van der Waals surface area contributed by atoms with Gasteiger partial charge in [0.2, 0.25) is 5.91 Å². The van der Waals surface area contributed by atoms with Crippen molar-refractivity contribution in [2.45, 2.75) is 51.0 Å². The monoisotopic (exact) mass is 237 g/mol. The van der Waals surface area contributed by atoms with Crippen molar-refractivity contribution >= 4 is 17.2 Å². The van der Waals surface area contributed by atoms with E-state index in [9.17, 15) is 4.79 Å². The first-order chi connectivity index (χ1) is 7.84. The number of aryl methyl sites for hydroxylation is 1. The van der Waals surface area contributed by atoms with Crippen molar-refractivity contribution in [3.05, 3.63) is 22.4 Å². The van der Waals surface area contributed by atoms with Crippen LogP contribution in [0.25, 0.3) is 0 Å². The van der Waals surface area contributed by atoms with E-state index in [1.165, 1.54) is 37.0 Å². The SMILES string of the molecule is O=C(CCc1cccs1)NC1CCCCC1. The smallest absolute Gasteiger partial charge is 0.220 e. The van der Waals surface area contributed by atoms with Crippen LogP contribution < -0.4 is 5.32 Å². The van der Waals surface area contributed by atoms with Gasteiger partial charge in [0.1, 0.15) is 0 Å². The molecule has 0 saturated heterocycles. The van der Waals surface area contributed by atoms with Gasteiger partial charge in [-0.2, -0.15) is 0 Å². The molecule has 0 radical (unpaired) electrons. The fourth-order valence-electron chi connectivity index (χ4n) is 2.24. The molecule has 88 valence electrons. The van der Waals surface area contributed by atoms with E-state index in [1.807, 2.05) is 6.07 Å². The molecule has 1 N–H and O–H groups in total. The largest absolute Gasteiger partial charge is 0.353 e. The molecule has 1 fully saturated rings. The number of carbonyl (C=O) groups excluding carboxylic acids is 1. The van der Waals surface area contributed by atoms with Crippen molar-refractivity contribution in [3.63, 3.8) is 0 Å². The lowest BCUT2D eigenvalue weighted by molar-refractivity contribution is -0.121. The molecule has 1 aliphatic carbocycles. The third-order valence-corrected chi connectivity index (χ3v) is 4.09. The summed E-state index contributed by atoms with van der Waals surface area (Å²) in [4.78, 5) is 13.0. The Hall–Kier alpha value is -0.830. The molecule has 0 spiro atoms. The third-order valence-electron chi connectivity index (χ3n) is 3.15. The summed E-state index contributed by atoms with van der Waals surface area (Å²) in [6.07, 6.45) is 7.75. The Morgan fingerprint density at radius 3 is 2.88 bits per heavy atom. The molecule has 3 heteroatoms. The van der Waals surface area contributed by atoms with Crippen molar-refractivity contribution in [2.24, 2.45) is 0 Å². The molecule has 1 aliphatic rings. The zero-order valence-corrected chi connectivity index (χ0v) is 10.4. The van der Waals surface area contributed by atoms with Gasteiger partial charge in [0.25, 0.3) is 0 Å². The fraction of sp³-hybridized carbons (Fsp3) is 0.615.